The molecule has 0 aromatic heterocycles. The van der Waals surface area contributed by atoms with E-state index in [0.29, 0.717) is 5.69 Å². The minimum atomic E-state index is -0.847. The first-order chi connectivity index (χ1) is 17.0. The Hall–Kier alpha value is -4.03. The van der Waals surface area contributed by atoms with Gasteiger partial charge >= 0.3 is 12.0 Å². The fourth-order valence-electron chi connectivity index (χ4n) is 3.79. The number of carbonyl (C=O) groups is 2. The first kappa shape index (κ1) is 24.1. The molecule has 1 unspecified atom stereocenters. The van der Waals surface area contributed by atoms with Gasteiger partial charge in [0, 0.05) is 21.2 Å². The van der Waals surface area contributed by atoms with E-state index >= 15 is 0 Å². The minimum absolute atomic E-state index is 0.00574. The number of carboxylic acid groups (broad SMARTS) is 1. The Labute approximate surface area is 209 Å². The van der Waals surface area contributed by atoms with Crippen LogP contribution < -0.4 is 10.2 Å². The van der Waals surface area contributed by atoms with Crippen molar-refractivity contribution >= 4 is 35.1 Å². The van der Waals surface area contributed by atoms with Crippen molar-refractivity contribution < 1.29 is 14.7 Å². The van der Waals surface area contributed by atoms with Crippen molar-refractivity contribution in [2.45, 2.75) is 29.2 Å². The summed E-state index contributed by atoms with van der Waals surface area (Å²) in [5, 5.41) is 12.0. The maximum atomic E-state index is 13.5. The van der Waals surface area contributed by atoms with E-state index in [1.54, 1.807) is 16.7 Å². The summed E-state index contributed by atoms with van der Waals surface area (Å²) in [5.74, 6) is -0.847. The Morgan fingerprint density at radius 2 is 1.49 bits per heavy atom. The normalized spacial score (nSPS) is 11.5. The van der Waals surface area contributed by atoms with Crippen LogP contribution in [0.3, 0.4) is 0 Å². The number of aliphatic carboxylic acids is 1. The summed E-state index contributed by atoms with van der Waals surface area (Å²) >= 11 is 1.55. The lowest BCUT2D eigenvalue weighted by Gasteiger charge is -2.30. The standard InChI is InChI=1S/C29H26N2O3S/c1-21(23-9-4-2-5-10-23)31(25-12-6-3-7-13-25)29(34)30-24-11-8-14-27(20-24)35-26-17-15-22(16-18-26)19-28(32)33/h2-18,20-21H,19H2,1H3,(H,30,34)(H,32,33). The molecule has 5 nitrogen and oxygen atoms in total. The maximum absolute atomic E-state index is 13.5. The molecule has 4 aromatic carbocycles. The zero-order valence-electron chi connectivity index (χ0n) is 19.3. The van der Waals surface area contributed by atoms with Gasteiger partial charge in [-0.2, -0.15) is 0 Å². The van der Waals surface area contributed by atoms with Crippen LogP contribution in [0.1, 0.15) is 24.1 Å². The van der Waals surface area contributed by atoms with Gasteiger partial charge in [-0.05, 0) is 60.5 Å². The Bertz CT molecular complexity index is 1280. The van der Waals surface area contributed by atoms with E-state index in [-0.39, 0.29) is 18.5 Å². The van der Waals surface area contributed by atoms with Crippen LogP contribution >= 0.6 is 11.8 Å². The minimum Gasteiger partial charge on any atom is -0.481 e. The predicted molar refractivity (Wildman–Crippen MR) is 141 cm³/mol. The molecule has 0 fully saturated rings. The summed E-state index contributed by atoms with van der Waals surface area (Å²) in [7, 11) is 0. The number of benzene rings is 4. The number of urea groups is 1. The number of hydrogen-bond donors (Lipinski definition) is 2. The van der Waals surface area contributed by atoms with Gasteiger partial charge in [-0.1, -0.05) is 78.5 Å². The fraction of sp³-hybridized carbons (Fsp3) is 0.103. The van der Waals surface area contributed by atoms with Gasteiger partial charge in [0.2, 0.25) is 0 Å². The van der Waals surface area contributed by atoms with E-state index in [9.17, 15) is 9.59 Å². The lowest BCUT2D eigenvalue weighted by Crippen LogP contribution is -2.37. The van der Waals surface area contributed by atoms with Crippen LogP contribution in [0, 0.1) is 0 Å². The topological polar surface area (TPSA) is 69.6 Å². The van der Waals surface area contributed by atoms with Crippen LogP contribution in [-0.2, 0) is 11.2 Å². The van der Waals surface area contributed by atoms with Crippen molar-refractivity contribution in [3.05, 3.63) is 120 Å². The Balaban J connectivity index is 1.51. The van der Waals surface area contributed by atoms with Crippen LogP contribution in [0.25, 0.3) is 0 Å². The molecule has 0 saturated carbocycles. The van der Waals surface area contributed by atoms with Gasteiger partial charge in [0.05, 0.1) is 12.5 Å². The molecule has 0 aliphatic rings. The van der Waals surface area contributed by atoms with Gasteiger partial charge < -0.3 is 10.4 Å². The number of carbonyl (C=O) groups excluding carboxylic acids is 1. The van der Waals surface area contributed by atoms with Gasteiger partial charge in [0.15, 0.2) is 0 Å². The molecule has 0 radical (unpaired) electrons. The summed E-state index contributed by atoms with van der Waals surface area (Å²) in [5.41, 5.74) is 3.32. The largest absolute Gasteiger partial charge is 0.481 e. The molecule has 2 N–H and O–H groups in total. The average molecular weight is 483 g/mol. The smallest absolute Gasteiger partial charge is 0.326 e. The zero-order valence-corrected chi connectivity index (χ0v) is 20.1. The molecule has 4 aromatic rings. The second kappa shape index (κ2) is 11.4. The second-order valence-corrected chi connectivity index (χ2v) is 9.21. The maximum Gasteiger partial charge on any atom is 0.326 e. The molecule has 1 atom stereocenters. The van der Waals surface area contributed by atoms with Crippen LogP contribution in [0.2, 0.25) is 0 Å². The number of hydrogen-bond acceptors (Lipinski definition) is 3. The van der Waals surface area contributed by atoms with E-state index in [1.165, 1.54) is 0 Å². The molecule has 0 heterocycles. The number of nitrogens with one attached hydrogen (secondary N) is 1. The highest BCUT2D eigenvalue weighted by Gasteiger charge is 2.23. The molecule has 0 bridgehead atoms. The average Bonchev–Trinajstić information content (AvgIpc) is 2.86. The summed E-state index contributed by atoms with van der Waals surface area (Å²) in [4.78, 5) is 28.1. The lowest BCUT2D eigenvalue weighted by molar-refractivity contribution is -0.136. The Kier molecular flexibility index (Phi) is 7.85. The summed E-state index contributed by atoms with van der Waals surface area (Å²) in [6.07, 6.45) is 0.00574. The molecule has 2 amide bonds. The van der Waals surface area contributed by atoms with Crippen molar-refractivity contribution in [2.24, 2.45) is 0 Å². The van der Waals surface area contributed by atoms with Crippen molar-refractivity contribution in [3.63, 3.8) is 0 Å². The van der Waals surface area contributed by atoms with Crippen molar-refractivity contribution in [2.75, 3.05) is 10.2 Å². The van der Waals surface area contributed by atoms with Crippen molar-refractivity contribution in [1.29, 1.82) is 0 Å². The van der Waals surface area contributed by atoms with Crippen molar-refractivity contribution in [3.8, 4) is 0 Å². The molecule has 35 heavy (non-hydrogen) atoms. The predicted octanol–water partition coefficient (Wildman–Crippen LogP) is 7.26. The van der Waals surface area contributed by atoms with Crippen LogP contribution in [-0.4, -0.2) is 17.1 Å². The summed E-state index contributed by atoms with van der Waals surface area (Å²) in [6, 6.07) is 34.4. The number of para-hydroxylation sites is 1. The fourth-order valence-corrected chi connectivity index (χ4v) is 4.67. The molecule has 0 spiro atoms. The third-order valence-corrected chi connectivity index (χ3v) is 6.52. The van der Waals surface area contributed by atoms with Crippen LogP contribution in [0.5, 0.6) is 0 Å². The number of amides is 2. The lowest BCUT2D eigenvalue weighted by atomic mass is 10.1. The van der Waals surface area contributed by atoms with E-state index in [4.69, 9.17) is 5.11 Å². The zero-order chi connectivity index (χ0) is 24.6. The molecule has 176 valence electrons. The molecular formula is C29H26N2O3S. The number of rotatable bonds is 8. The summed E-state index contributed by atoms with van der Waals surface area (Å²) < 4.78 is 0. The van der Waals surface area contributed by atoms with Crippen LogP contribution in [0.4, 0.5) is 16.2 Å². The molecule has 4 rings (SSSR count). The Morgan fingerprint density at radius 3 is 2.14 bits per heavy atom. The van der Waals surface area contributed by atoms with Gasteiger partial charge in [0.25, 0.3) is 0 Å². The first-order valence-electron chi connectivity index (χ1n) is 11.3. The van der Waals surface area contributed by atoms with E-state index in [0.717, 1.165) is 26.6 Å². The Morgan fingerprint density at radius 1 is 0.829 bits per heavy atom. The molecule has 6 heteroatoms. The number of anilines is 2. The van der Waals surface area contributed by atoms with Gasteiger partial charge in [-0.25, -0.2) is 4.79 Å². The van der Waals surface area contributed by atoms with Gasteiger partial charge in [-0.3, -0.25) is 9.69 Å². The molecular weight excluding hydrogens is 456 g/mol. The van der Waals surface area contributed by atoms with E-state index in [1.807, 2.05) is 116 Å². The highest BCUT2D eigenvalue weighted by molar-refractivity contribution is 7.99. The monoisotopic (exact) mass is 482 g/mol. The van der Waals surface area contributed by atoms with Gasteiger partial charge in [-0.15, -0.1) is 0 Å². The summed E-state index contributed by atoms with van der Waals surface area (Å²) in [6.45, 7) is 2.02. The van der Waals surface area contributed by atoms with Crippen LogP contribution in [0.15, 0.2) is 119 Å². The van der Waals surface area contributed by atoms with E-state index in [2.05, 4.69) is 5.32 Å². The number of carboxylic acids is 1. The van der Waals surface area contributed by atoms with Gasteiger partial charge in [0.1, 0.15) is 0 Å². The number of nitrogens with zero attached hydrogens (tertiary/aromatic N) is 1. The second-order valence-electron chi connectivity index (χ2n) is 8.07. The van der Waals surface area contributed by atoms with E-state index < -0.39 is 5.97 Å². The molecule has 0 saturated heterocycles. The van der Waals surface area contributed by atoms with Crippen molar-refractivity contribution in [1.82, 2.24) is 0 Å². The third kappa shape index (κ3) is 6.52. The first-order valence-corrected chi connectivity index (χ1v) is 12.1. The highest BCUT2D eigenvalue weighted by atomic mass is 32.2. The molecule has 0 aliphatic heterocycles. The quantitative estimate of drug-likeness (QED) is 0.277. The third-order valence-electron chi connectivity index (χ3n) is 5.52. The SMILES string of the molecule is CC(c1ccccc1)N(C(=O)Nc1cccc(Sc2ccc(CC(=O)O)cc2)c1)c1ccccc1. The highest BCUT2D eigenvalue weighted by Crippen LogP contribution is 2.31. The molecule has 0 aliphatic carbocycles.